The molecule has 0 N–H and O–H groups in total. The van der Waals surface area contributed by atoms with E-state index in [1.165, 1.54) is 0 Å². The molecule has 2 rings (SSSR count). The molecule has 0 aliphatic carbocycles. The minimum Gasteiger partial charge on any atom is -0.218 e. The Morgan fingerprint density at radius 2 is 1.16 bits per heavy atom. The van der Waals surface area contributed by atoms with Crippen LogP contribution in [-0.4, -0.2) is 8.42 Å². The van der Waals surface area contributed by atoms with Gasteiger partial charge in [-0.1, -0.05) is 12.1 Å². The molecule has 0 unspecified atom stereocenters. The first-order valence-electron chi connectivity index (χ1n) is 5.61. The molecule has 5 heteroatoms. The van der Waals surface area contributed by atoms with Crippen LogP contribution in [0, 0.1) is 21.0 Å². The van der Waals surface area contributed by atoms with Gasteiger partial charge in [0.1, 0.15) is 0 Å². The normalized spacial score (nSPS) is 11.6. The van der Waals surface area contributed by atoms with Crippen LogP contribution in [0.1, 0.15) is 11.1 Å². The van der Waals surface area contributed by atoms with Gasteiger partial charge < -0.3 is 0 Å². The van der Waals surface area contributed by atoms with Gasteiger partial charge in [0, 0.05) is 7.14 Å². The van der Waals surface area contributed by atoms with Crippen LogP contribution in [0.2, 0.25) is 0 Å². The van der Waals surface area contributed by atoms with Crippen molar-refractivity contribution in [1.82, 2.24) is 0 Å². The molecule has 0 saturated carbocycles. The van der Waals surface area contributed by atoms with Crippen LogP contribution >= 0.6 is 45.2 Å². The summed E-state index contributed by atoms with van der Waals surface area (Å²) < 4.78 is 27.5. The largest absolute Gasteiger partial charge is 0.218 e. The summed E-state index contributed by atoms with van der Waals surface area (Å²) >= 11 is 4.32. The van der Waals surface area contributed by atoms with Crippen molar-refractivity contribution in [3.05, 3.63) is 54.7 Å². The Morgan fingerprint density at radius 3 is 1.53 bits per heavy atom. The van der Waals surface area contributed by atoms with E-state index in [2.05, 4.69) is 45.2 Å². The van der Waals surface area contributed by atoms with Crippen molar-refractivity contribution < 1.29 is 8.42 Å². The van der Waals surface area contributed by atoms with Crippen molar-refractivity contribution in [3.8, 4) is 0 Å². The van der Waals surface area contributed by atoms with Gasteiger partial charge >= 0.3 is 0 Å². The van der Waals surface area contributed by atoms with Gasteiger partial charge in [-0.15, -0.1) is 0 Å². The molecule has 0 amide bonds. The van der Waals surface area contributed by atoms with Gasteiger partial charge in [-0.2, -0.15) is 0 Å². The van der Waals surface area contributed by atoms with Crippen molar-refractivity contribution in [3.63, 3.8) is 0 Å². The van der Waals surface area contributed by atoms with E-state index in [1.54, 1.807) is 24.3 Å². The molecule has 2 aromatic rings. The summed E-state index contributed by atoms with van der Waals surface area (Å²) in [5, 5.41) is 0. The number of halogens is 2. The number of sulfone groups is 1. The topological polar surface area (TPSA) is 34.1 Å². The minimum atomic E-state index is -3.45. The summed E-state index contributed by atoms with van der Waals surface area (Å²) in [6.07, 6.45) is 0. The van der Waals surface area contributed by atoms with Crippen molar-refractivity contribution in [1.29, 1.82) is 0 Å². The molecule has 0 spiro atoms. The maximum Gasteiger partial charge on any atom is 0.207 e. The van der Waals surface area contributed by atoms with E-state index in [-0.39, 0.29) is 0 Å². The highest BCUT2D eigenvalue weighted by Crippen LogP contribution is 2.29. The third-order valence-corrected chi connectivity index (χ3v) is 7.39. The fourth-order valence-corrected chi connectivity index (χ4v) is 5.02. The standard InChI is InChI=1S/C14H12I2O2S/c1-9-11(15)5-3-7-13(9)19(17,18)14-8-4-6-12(16)10(14)2/h3-8H,1-2H3. The molecule has 19 heavy (non-hydrogen) atoms. The fraction of sp³-hybridized carbons (Fsp3) is 0.143. The lowest BCUT2D eigenvalue weighted by molar-refractivity contribution is 0.594. The minimum absolute atomic E-state index is 0.393. The Morgan fingerprint density at radius 1 is 0.789 bits per heavy atom. The van der Waals surface area contributed by atoms with Crippen molar-refractivity contribution >= 4 is 55.0 Å². The maximum atomic E-state index is 12.8. The monoisotopic (exact) mass is 498 g/mol. The van der Waals surface area contributed by atoms with Crippen LogP contribution in [-0.2, 0) is 9.84 Å². The second kappa shape index (κ2) is 5.69. The van der Waals surface area contributed by atoms with E-state index >= 15 is 0 Å². The van der Waals surface area contributed by atoms with E-state index < -0.39 is 9.84 Å². The van der Waals surface area contributed by atoms with Crippen molar-refractivity contribution in [2.45, 2.75) is 23.6 Å². The number of rotatable bonds is 2. The highest BCUT2D eigenvalue weighted by atomic mass is 127. The highest BCUT2D eigenvalue weighted by Gasteiger charge is 2.23. The van der Waals surface area contributed by atoms with Gasteiger partial charge in [-0.25, -0.2) is 8.42 Å². The van der Waals surface area contributed by atoms with Crippen molar-refractivity contribution in [2.75, 3.05) is 0 Å². The molecule has 0 saturated heterocycles. The van der Waals surface area contributed by atoms with E-state index in [9.17, 15) is 8.42 Å². The zero-order valence-corrected chi connectivity index (χ0v) is 15.6. The first kappa shape index (κ1) is 15.2. The molecule has 0 bridgehead atoms. The maximum absolute atomic E-state index is 12.8. The summed E-state index contributed by atoms with van der Waals surface area (Å²) in [6, 6.07) is 10.7. The van der Waals surface area contributed by atoms with E-state index in [4.69, 9.17) is 0 Å². The third kappa shape index (κ3) is 2.82. The second-order valence-corrected chi connectivity index (χ2v) is 8.44. The van der Waals surface area contributed by atoms with E-state index in [0.29, 0.717) is 9.79 Å². The SMILES string of the molecule is Cc1c(I)cccc1S(=O)(=O)c1cccc(I)c1C. The van der Waals surface area contributed by atoms with E-state index in [0.717, 1.165) is 18.3 Å². The van der Waals surface area contributed by atoms with Crippen LogP contribution in [0.15, 0.2) is 46.2 Å². The lowest BCUT2D eigenvalue weighted by Gasteiger charge is -2.12. The van der Waals surface area contributed by atoms with Crippen LogP contribution in [0.25, 0.3) is 0 Å². The molecular weight excluding hydrogens is 486 g/mol. The van der Waals surface area contributed by atoms with Crippen LogP contribution in [0.3, 0.4) is 0 Å². The molecular formula is C14H12I2O2S. The number of benzene rings is 2. The fourth-order valence-electron chi connectivity index (χ4n) is 1.88. The average Bonchev–Trinajstić information content (AvgIpc) is 2.35. The smallest absolute Gasteiger partial charge is 0.207 e. The zero-order valence-electron chi connectivity index (χ0n) is 10.4. The summed E-state index contributed by atoms with van der Waals surface area (Å²) in [5.41, 5.74) is 1.61. The first-order valence-corrected chi connectivity index (χ1v) is 9.25. The van der Waals surface area contributed by atoms with Gasteiger partial charge in [0.05, 0.1) is 9.79 Å². The van der Waals surface area contributed by atoms with Crippen molar-refractivity contribution in [2.24, 2.45) is 0 Å². The van der Waals surface area contributed by atoms with Gasteiger partial charge in [-0.3, -0.25) is 0 Å². The molecule has 2 aromatic carbocycles. The van der Waals surface area contributed by atoms with Crippen LogP contribution < -0.4 is 0 Å². The van der Waals surface area contributed by atoms with Crippen LogP contribution in [0.5, 0.6) is 0 Å². The predicted octanol–water partition coefficient (Wildman–Crippen LogP) is 4.35. The molecule has 0 heterocycles. The van der Waals surface area contributed by atoms with E-state index in [1.807, 2.05) is 26.0 Å². The van der Waals surface area contributed by atoms with Gasteiger partial charge in [0.15, 0.2) is 0 Å². The summed E-state index contributed by atoms with van der Waals surface area (Å²) in [7, 11) is -3.45. The van der Waals surface area contributed by atoms with Gasteiger partial charge in [-0.05, 0) is 94.4 Å². The molecule has 0 radical (unpaired) electrons. The molecule has 0 fully saturated rings. The molecule has 0 atom stereocenters. The Bertz CT molecular complexity index is 680. The quantitative estimate of drug-likeness (QED) is 0.578. The zero-order chi connectivity index (χ0) is 14.2. The number of hydrogen-bond acceptors (Lipinski definition) is 2. The third-order valence-electron chi connectivity index (χ3n) is 3.02. The second-order valence-electron chi connectivity index (χ2n) is 4.23. The Hall–Kier alpha value is -0.150. The molecule has 0 aliphatic heterocycles. The predicted molar refractivity (Wildman–Crippen MR) is 93.2 cm³/mol. The van der Waals surface area contributed by atoms with Crippen LogP contribution in [0.4, 0.5) is 0 Å². The highest BCUT2D eigenvalue weighted by molar-refractivity contribution is 14.1. The molecule has 0 aromatic heterocycles. The lowest BCUT2D eigenvalue weighted by atomic mass is 10.2. The average molecular weight is 498 g/mol. The molecule has 0 aliphatic rings. The Kier molecular flexibility index (Phi) is 4.56. The summed E-state index contributed by atoms with van der Waals surface area (Å²) in [6.45, 7) is 3.69. The summed E-state index contributed by atoms with van der Waals surface area (Å²) in [5.74, 6) is 0. The first-order chi connectivity index (χ1) is 8.85. The molecule has 100 valence electrons. The lowest BCUT2D eigenvalue weighted by Crippen LogP contribution is -2.07. The van der Waals surface area contributed by atoms with Gasteiger partial charge in [0.25, 0.3) is 0 Å². The summed E-state index contributed by atoms with van der Waals surface area (Å²) in [4.78, 5) is 0.786. The Labute approximate surface area is 140 Å². The number of hydrogen-bond donors (Lipinski definition) is 0. The van der Waals surface area contributed by atoms with Gasteiger partial charge in [0.2, 0.25) is 9.84 Å². The Balaban J connectivity index is 2.73. The molecule has 2 nitrogen and oxygen atoms in total.